The maximum Gasteiger partial charge on any atom is 0.248 e. The van der Waals surface area contributed by atoms with Gasteiger partial charge in [-0.25, -0.2) is 0 Å². The largest absolute Gasteiger partial charge is 0.507 e. The number of aromatic hydroxyl groups is 2. The van der Waals surface area contributed by atoms with Crippen LogP contribution in [0.4, 0.5) is 5.69 Å². The van der Waals surface area contributed by atoms with Crippen molar-refractivity contribution in [3.8, 4) is 17.2 Å². The normalized spacial score (nSPS) is 19.1. The molecule has 1 heterocycles. The van der Waals surface area contributed by atoms with Gasteiger partial charge in [-0.05, 0) is 52.0 Å². The SMILES string of the molecule is CC(=O)c1c(O)c(C)c(O)c2c1OC1=CC(=O)C(=C(C)NCC(=O)Nc3ccc(C(N)=O)cc3)C(=O)[C@@]12C. The van der Waals surface area contributed by atoms with Gasteiger partial charge < -0.3 is 31.3 Å². The molecule has 0 saturated heterocycles. The molecule has 0 aromatic heterocycles. The van der Waals surface area contributed by atoms with Crippen LogP contribution in [0.3, 0.4) is 0 Å². The summed E-state index contributed by atoms with van der Waals surface area (Å²) in [6.07, 6.45) is 1.10. The second kappa shape index (κ2) is 9.18. The smallest absolute Gasteiger partial charge is 0.248 e. The van der Waals surface area contributed by atoms with Gasteiger partial charge in [-0.3, -0.25) is 24.0 Å². The van der Waals surface area contributed by atoms with E-state index in [-0.39, 0.29) is 51.6 Å². The number of amides is 2. The fraction of sp³-hybridized carbons (Fsp3) is 0.222. The minimum atomic E-state index is -1.65. The van der Waals surface area contributed by atoms with Crippen molar-refractivity contribution in [1.29, 1.82) is 0 Å². The number of fused-ring (bicyclic) bond motifs is 3. The summed E-state index contributed by atoms with van der Waals surface area (Å²) in [6, 6.07) is 5.92. The molecule has 2 aliphatic rings. The molecule has 11 nitrogen and oxygen atoms in total. The molecule has 11 heteroatoms. The van der Waals surface area contributed by atoms with Gasteiger partial charge in [0, 0.05) is 28.6 Å². The van der Waals surface area contributed by atoms with E-state index >= 15 is 0 Å². The van der Waals surface area contributed by atoms with E-state index in [9.17, 15) is 34.2 Å². The van der Waals surface area contributed by atoms with Crippen LogP contribution in [0.5, 0.6) is 17.2 Å². The van der Waals surface area contributed by atoms with Crippen molar-refractivity contribution in [2.45, 2.75) is 33.1 Å². The zero-order chi connectivity index (χ0) is 28.1. The molecule has 2 aromatic carbocycles. The van der Waals surface area contributed by atoms with Crippen molar-refractivity contribution >= 4 is 34.9 Å². The molecule has 1 atom stereocenters. The highest BCUT2D eigenvalue weighted by atomic mass is 16.5. The quantitative estimate of drug-likeness (QED) is 0.216. The third-order valence-corrected chi connectivity index (χ3v) is 6.73. The van der Waals surface area contributed by atoms with Gasteiger partial charge in [0.05, 0.1) is 17.7 Å². The van der Waals surface area contributed by atoms with Gasteiger partial charge in [-0.15, -0.1) is 0 Å². The fourth-order valence-corrected chi connectivity index (χ4v) is 4.59. The molecule has 2 amide bonds. The van der Waals surface area contributed by atoms with Gasteiger partial charge in [0.25, 0.3) is 0 Å². The van der Waals surface area contributed by atoms with Crippen LogP contribution >= 0.6 is 0 Å². The number of phenols is 2. The van der Waals surface area contributed by atoms with Gasteiger partial charge in [-0.2, -0.15) is 0 Å². The molecule has 0 fully saturated rings. The highest BCUT2D eigenvalue weighted by Gasteiger charge is 2.56. The summed E-state index contributed by atoms with van der Waals surface area (Å²) in [7, 11) is 0. The van der Waals surface area contributed by atoms with Crippen molar-refractivity contribution in [3.63, 3.8) is 0 Å². The van der Waals surface area contributed by atoms with Gasteiger partial charge in [0.2, 0.25) is 11.8 Å². The maximum atomic E-state index is 13.8. The van der Waals surface area contributed by atoms with Crippen molar-refractivity contribution < 1.29 is 38.9 Å². The molecule has 0 spiro atoms. The van der Waals surface area contributed by atoms with Crippen LogP contribution in [-0.2, 0) is 19.8 Å². The standard InChI is InChI=1S/C27H25N3O8/c1-11-22(34)20(13(3)31)24-21(23(11)35)27(4)17(38-24)9-16(32)19(25(27)36)12(2)29-10-18(33)30-15-7-5-14(6-8-15)26(28)37/h5-9,29,34-35H,10H2,1-4H3,(H2,28,37)(H,30,33)/t27-/m0/s1. The molecule has 4 rings (SSSR count). The Labute approximate surface area is 217 Å². The van der Waals surface area contributed by atoms with Crippen LogP contribution in [0.2, 0.25) is 0 Å². The molecule has 0 radical (unpaired) electrons. The predicted molar refractivity (Wildman–Crippen MR) is 135 cm³/mol. The van der Waals surface area contributed by atoms with E-state index in [2.05, 4.69) is 10.6 Å². The predicted octanol–water partition coefficient (Wildman–Crippen LogP) is 1.90. The van der Waals surface area contributed by atoms with Crippen LogP contribution in [-0.4, -0.2) is 45.9 Å². The fourth-order valence-electron chi connectivity index (χ4n) is 4.59. The van der Waals surface area contributed by atoms with Crippen LogP contribution in [0.15, 0.2) is 47.4 Å². The number of allylic oxidation sites excluding steroid dienone is 4. The minimum absolute atomic E-state index is 0.00867. The average molecular weight is 520 g/mol. The second-order valence-corrected chi connectivity index (χ2v) is 9.23. The van der Waals surface area contributed by atoms with Crippen LogP contribution in [0, 0.1) is 6.92 Å². The molecule has 1 aliphatic heterocycles. The second-order valence-electron chi connectivity index (χ2n) is 9.23. The number of primary amides is 1. The summed E-state index contributed by atoms with van der Waals surface area (Å²) >= 11 is 0. The Morgan fingerprint density at radius 2 is 1.68 bits per heavy atom. The molecule has 2 aromatic rings. The Kier molecular flexibility index (Phi) is 6.32. The number of ketones is 3. The summed E-state index contributed by atoms with van der Waals surface area (Å²) in [5.74, 6) is -4.20. The summed E-state index contributed by atoms with van der Waals surface area (Å²) in [5, 5.41) is 26.7. The molecule has 1 aliphatic carbocycles. The molecular formula is C27H25N3O8. The molecule has 6 N–H and O–H groups in total. The number of nitrogens with two attached hydrogens (primary N) is 1. The molecule has 38 heavy (non-hydrogen) atoms. The number of hydrogen-bond donors (Lipinski definition) is 5. The number of carbonyl (C=O) groups is 5. The minimum Gasteiger partial charge on any atom is -0.507 e. The number of Topliss-reactive ketones (excluding diaryl/α,β-unsaturated/α-hetero) is 2. The van der Waals surface area contributed by atoms with Gasteiger partial charge in [0.1, 0.15) is 34.0 Å². The van der Waals surface area contributed by atoms with Crippen LogP contribution in [0.1, 0.15) is 52.6 Å². The Morgan fingerprint density at radius 1 is 1.05 bits per heavy atom. The number of hydrogen-bond acceptors (Lipinski definition) is 9. The van der Waals surface area contributed by atoms with Crippen molar-refractivity contribution in [2.24, 2.45) is 5.73 Å². The lowest BCUT2D eigenvalue weighted by molar-refractivity contribution is -0.124. The van der Waals surface area contributed by atoms with E-state index in [0.717, 1.165) is 6.08 Å². The Hall–Kier alpha value is -4.93. The van der Waals surface area contributed by atoms with E-state index in [1.807, 2.05) is 0 Å². The zero-order valence-electron chi connectivity index (χ0n) is 21.0. The third kappa shape index (κ3) is 3.97. The molecule has 0 unspecified atom stereocenters. The topological polar surface area (TPSA) is 185 Å². The van der Waals surface area contributed by atoms with E-state index < -0.39 is 46.1 Å². The lowest BCUT2D eigenvalue weighted by Crippen LogP contribution is -2.41. The van der Waals surface area contributed by atoms with Gasteiger partial charge in [-0.1, -0.05) is 0 Å². The maximum absolute atomic E-state index is 13.8. The van der Waals surface area contributed by atoms with Gasteiger partial charge in [0.15, 0.2) is 17.3 Å². The first-order chi connectivity index (χ1) is 17.8. The lowest BCUT2D eigenvalue weighted by atomic mass is 9.70. The van der Waals surface area contributed by atoms with E-state index in [1.165, 1.54) is 52.0 Å². The monoisotopic (exact) mass is 519 g/mol. The number of anilines is 1. The first-order valence-electron chi connectivity index (χ1n) is 11.5. The van der Waals surface area contributed by atoms with Crippen molar-refractivity contribution in [2.75, 3.05) is 11.9 Å². The summed E-state index contributed by atoms with van der Waals surface area (Å²) in [4.78, 5) is 62.6. The van der Waals surface area contributed by atoms with Crippen molar-refractivity contribution in [1.82, 2.24) is 5.32 Å². The number of nitrogens with one attached hydrogen (secondary N) is 2. The first kappa shape index (κ1) is 26.1. The number of phenolic OH excluding ortho intramolecular Hbond substituents is 2. The molecular weight excluding hydrogens is 494 g/mol. The van der Waals surface area contributed by atoms with Crippen LogP contribution < -0.4 is 21.1 Å². The Bertz CT molecular complexity index is 1520. The highest BCUT2D eigenvalue weighted by Crippen LogP contribution is 2.57. The number of rotatable bonds is 6. The molecule has 0 saturated carbocycles. The third-order valence-electron chi connectivity index (χ3n) is 6.73. The average Bonchev–Trinajstić information content (AvgIpc) is 3.14. The summed E-state index contributed by atoms with van der Waals surface area (Å²) in [6.45, 7) is 5.22. The summed E-state index contributed by atoms with van der Waals surface area (Å²) in [5.41, 5.74) is 3.87. The van der Waals surface area contributed by atoms with E-state index in [0.29, 0.717) is 5.69 Å². The number of carbonyl (C=O) groups excluding carboxylic acids is 5. The molecule has 196 valence electrons. The zero-order valence-corrected chi connectivity index (χ0v) is 21.0. The van der Waals surface area contributed by atoms with E-state index in [1.54, 1.807) is 0 Å². The van der Waals surface area contributed by atoms with Gasteiger partial charge >= 0.3 is 0 Å². The van der Waals surface area contributed by atoms with Crippen LogP contribution in [0.25, 0.3) is 0 Å². The number of benzene rings is 2. The van der Waals surface area contributed by atoms with Crippen molar-refractivity contribution in [3.05, 3.63) is 69.6 Å². The molecule has 0 bridgehead atoms. The van der Waals surface area contributed by atoms with E-state index in [4.69, 9.17) is 10.5 Å². The lowest BCUT2D eigenvalue weighted by Gasteiger charge is -2.29. The Morgan fingerprint density at radius 3 is 2.26 bits per heavy atom. The highest BCUT2D eigenvalue weighted by molar-refractivity contribution is 6.31. The summed E-state index contributed by atoms with van der Waals surface area (Å²) < 4.78 is 5.72. The number of ether oxygens (including phenoxy) is 1. The first-order valence-corrected chi connectivity index (χ1v) is 11.5. The Balaban J connectivity index is 1.64.